The van der Waals surface area contributed by atoms with Gasteiger partial charge in [-0.15, -0.1) is 11.6 Å². The molecule has 3 rings (SSSR count). The first-order valence-corrected chi connectivity index (χ1v) is 6.81. The van der Waals surface area contributed by atoms with E-state index in [0.29, 0.717) is 16.9 Å². The van der Waals surface area contributed by atoms with E-state index < -0.39 is 30.7 Å². The summed E-state index contributed by atoms with van der Waals surface area (Å²) in [6, 6.07) is 1.58. The lowest BCUT2D eigenvalue weighted by molar-refractivity contribution is -0.113. The van der Waals surface area contributed by atoms with Crippen molar-refractivity contribution in [2.24, 2.45) is 0 Å². The van der Waals surface area contributed by atoms with Gasteiger partial charge >= 0.3 is 0 Å². The molecule has 0 radical (unpaired) electrons. The zero-order chi connectivity index (χ0) is 15.2. The molecule has 7 nitrogen and oxygen atoms in total. The number of fused-ring (bicyclic) bond motifs is 1. The predicted octanol–water partition coefficient (Wildman–Crippen LogP) is 0.211. The molecule has 2 aromatic rings. The van der Waals surface area contributed by atoms with Gasteiger partial charge in [-0.05, 0) is 6.07 Å². The monoisotopic (exact) mass is 316 g/mol. The minimum Gasteiger partial charge on any atom is -0.397 e. The zero-order valence-corrected chi connectivity index (χ0v) is 11.6. The van der Waals surface area contributed by atoms with E-state index >= 15 is 0 Å². The molecule has 1 saturated heterocycles. The Morgan fingerprint density at radius 1 is 1.52 bits per heavy atom. The number of nitrogens with zero attached hydrogens (tertiary/aromatic N) is 3. The highest BCUT2D eigenvalue weighted by Gasteiger charge is 2.55. The standard InChI is InChI=1S/C12H14ClFN4O3/c13-3-12(4-19)9(20)7(14)11(21-12)18-5-17-8-6(15)1-2-16-10(8)18/h1-2,5,7,9,11,19-20H,3-4H2,(H2,15,16)/t7-,9+,11-,12-/m1/s1. The van der Waals surface area contributed by atoms with Gasteiger partial charge in [0.2, 0.25) is 0 Å². The van der Waals surface area contributed by atoms with Crippen molar-refractivity contribution in [3.8, 4) is 0 Å². The molecule has 1 aliphatic heterocycles. The zero-order valence-electron chi connectivity index (χ0n) is 10.9. The first kappa shape index (κ1) is 14.5. The number of aliphatic hydroxyl groups excluding tert-OH is 2. The number of alkyl halides is 2. The lowest BCUT2D eigenvalue weighted by atomic mass is 9.99. The maximum Gasteiger partial charge on any atom is 0.174 e. The molecular weight excluding hydrogens is 303 g/mol. The van der Waals surface area contributed by atoms with E-state index in [0.717, 1.165) is 0 Å². The molecule has 0 aromatic carbocycles. The molecule has 1 aliphatic rings. The molecule has 21 heavy (non-hydrogen) atoms. The molecule has 1 fully saturated rings. The molecule has 4 N–H and O–H groups in total. The summed E-state index contributed by atoms with van der Waals surface area (Å²) in [5, 5.41) is 19.4. The van der Waals surface area contributed by atoms with Crippen LogP contribution in [0.15, 0.2) is 18.6 Å². The Hall–Kier alpha value is -1.48. The fourth-order valence-corrected chi connectivity index (χ4v) is 2.76. The average Bonchev–Trinajstić information content (AvgIpc) is 3.02. The SMILES string of the molecule is Nc1ccnc2c1ncn2[C@@H]1O[C@@](CO)(CCl)[C@@H](O)[C@H]1F. The molecule has 4 atom stereocenters. The lowest BCUT2D eigenvalue weighted by Gasteiger charge is -2.26. The van der Waals surface area contributed by atoms with Crippen molar-refractivity contribution in [3.05, 3.63) is 18.6 Å². The number of ether oxygens (including phenoxy) is 1. The van der Waals surface area contributed by atoms with Crippen molar-refractivity contribution < 1.29 is 19.3 Å². The van der Waals surface area contributed by atoms with Crippen LogP contribution in [-0.2, 0) is 4.74 Å². The summed E-state index contributed by atoms with van der Waals surface area (Å²) in [5.41, 5.74) is 5.37. The average molecular weight is 317 g/mol. The molecule has 0 bridgehead atoms. The van der Waals surface area contributed by atoms with Crippen molar-refractivity contribution in [3.63, 3.8) is 0 Å². The van der Waals surface area contributed by atoms with E-state index in [2.05, 4.69) is 9.97 Å². The van der Waals surface area contributed by atoms with Gasteiger partial charge in [0.25, 0.3) is 0 Å². The maximum absolute atomic E-state index is 14.4. The van der Waals surface area contributed by atoms with Gasteiger partial charge in [-0.1, -0.05) is 0 Å². The van der Waals surface area contributed by atoms with Crippen LogP contribution in [-0.4, -0.2) is 55.1 Å². The third-order valence-electron chi connectivity index (χ3n) is 3.73. The third-order valence-corrected chi connectivity index (χ3v) is 4.18. The van der Waals surface area contributed by atoms with Gasteiger partial charge < -0.3 is 20.7 Å². The minimum atomic E-state index is -1.78. The molecule has 3 heterocycles. The number of hydrogen-bond donors (Lipinski definition) is 3. The van der Waals surface area contributed by atoms with Gasteiger partial charge in [-0.25, -0.2) is 14.4 Å². The van der Waals surface area contributed by atoms with Crippen LogP contribution in [0.25, 0.3) is 11.2 Å². The number of nitrogens with two attached hydrogens (primary N) is 1. The molecule has 114 valence electrons. The van der Waals surface area contributed by atoms with Crippen molar-refractivity contribution in [2.75, 3.05) is 18.2 Å². The summed E-state index contributed by atoms with van der Waals surface area (Å²) >= 11 is 5.72. The molecular formula is C12H14ClFN4O3. The lowest BCUT2D eigenvalue weighted by Crippen LogP contribution is -2.47. The van der Waals surface area contributed by atoms with Gasteiger partial charge in [-0.3, -0.25) is 4.57 Å². The normalized spacial score (nSPS) is 32.9. The smallest absolute Gasteiger partial charge is 0.174 e. The minimum absolute atomic E-state index is 0.246. The number of imidazole rings is 1. The number of anilines is 1. The quantitative estimate of drug-likeness (QED) is 0.699. The van der Waals surface area contributed by atoms with Crippen molar-refractivity contribution in [2.45, 2.75) is 24.1 Å². The van der Waals surface area contributed by atoms with Gasteiger partial charge in [-0.2, -0.15) is 0 Å². The largest absolute Gasteiger partial charge is 0.397 e. The molecule has 0 saturated carbocycles. The Morgan fingerprint density at radius 3 is 2.90 bits per heavy atom. The Balaban J connectivity index is 2.06. The maximum atomic E-state index is 14.4. The highest BCUT2D eigenvalue weighted by Crippen LogP contribution is 2.40. The Kier molecular flexibility index (Phi) is 3.48. The number of nitrogen functional groups attached to an aromatic ring is 1. The van der Waals surface area contributed by atoms with Crippen LogP contribution in [0.3, 0.4) is 0 Å². The van der Waals surface area contributed by atoms with Crippen molar-refractivity contribution >= 4 is 28.5 Å². The highest BCUT2D eigenvalue weighted by atomic mass is 35.5. The third kappa shape index (κ3) is 1.98. The fraction of sp³-hybridized carbons (Fsp3) is 0.500. The van der Waals surface area contributed by atoms with Gasteiger partial charge in [0.15, 0.2) is 18.0 Å². The van der Waals surface area contributed by atoms with Gasteiger partial charge in [0, 0.05) is 6.20 Å². The molecule has 0 amide bonds. The fourth-order valence-electron chi connectivity index (χ4n) is 2.45. The summed E-state index contributed by atoms with van der Waals surface area (Å²) in [6.45, 7) is -0.600. The molecule has 0 aliphatic carbocycles. The number of aromatic nitrogens is 3. The van der Waals surface area contributed by atoms with E-state index in [1.807, 2.05) is 0 Å². The Bertz CT molecular complexity index is 663. The molecule has 0 spiro atoms. The van der Waals surface area contributed by atoms with E-state index in [1.165, 1.54) is 17.1 Å². The number of halogens is 2. The second-order valence-corrected chi connectivity index (χ2v) is 5.25. The second-order valence-electron chi connectivity index (χ2n) is 4.98. The molecule has 2 aromatic heterocycles. The number of aliphatic hydroxyl groups is 2. The Labute approximate surface area is 124 Å². The molecule has 9 heteroatoms. The highest BCUT2D eigenvalue weighted by molar-refractivity contribution is 6.18. The van der Waals surface area contributed by atoms with Gasteiger partial charge in [0.05, 0.1) is 24.5 Å². The van der Waals surface area contributed by atoms with Crippen molar-refractivity contribution in [1.82, 2.24) is 14.5 Å². The van der Waals surface area contributed by atoms with Crippen LogP contribution in [0.2, 0.25) is 0 Å². The predicted molar refractivity (Wildman–Crippen MR) is 73.5 cm³/mol. The van der Waals surface area contributed by atoms with E-state index in [1.54, 1.807) is 6.07 Å². The number of rotatable bonds is 3. The number of hydrogen-bond acceptors (Lipinski definition) is 6. The summed E-state index contributed by atoms with van der Waals surface area (Å²) in [6.07, 6.45) is -1.72. The van der Waals surface area contributed by atoms with Crippen LogP contribution in [0, 0.1) is 0 Å². The van der Waals surface area contributed by atoms with Crippen molar-refractivity contribution in [1.29, 1.82) is 0 Å². The summed E-state index contributed by atoms with van der Waals surface area (Å²) < 4.78 is 21.2. The van der Waals surface area contributed by atoms with E-state index in [-0.39, 0.29) is 5.88 Å². The molecule has 0 unspecified atom stereocenters. The van der Waals surface area contributed by atoms with E-state index in [4.69, 9.17) is 22.1 Å². The van der Waals surface area contributed by atoms with Gasteiger partial charge in [0.1, 0.15) is 17.2 Å². The van der Waals surface area contributed by atoms with Crippen LogP contribution in [0.5, 0.6) is 0 Å². The summed E-state index contributed by atoms with van der Waals surface area (Å²) in [5.74, 6) is -0.246. The topological polar surface area (TPSA) is 106 Å². The van der Waals surface area contributed by atoms with E-state index in [9.17, 15) is 14.6 Å². The van der Waals surface area contributed by atoms with Crippen LogP contribution in [0.1, 0.15) is 6.23 Å². The van der Waals surface area contributed by atoms with Crippen LogP contribution >= 0.6 is 11.6 Å². The first-order chi connectivity index (χ1) is 10.0. The first-order valence-electron chi connectivity index (χ1n) is 6.28. The summed E-state index contributed by atoms with van der Waals surface area (Å²) in [4.78, 5) is 8.18. The number of pyridine rings is 1. The summed E-state index contributed by atoms with van der Waals surface area (Å²) in [7, 11) is 0. The second kappa shape index (κ2) is 5.06. The van der Waals surface area contributed by atoms with Crippen LogP contribution < -0.4 is 5.73 Å². The Morgan fingerprint density at radius 2 is 2.29 bits per heavy atom. The van der Waals surface area contributed by atoms with Crippen LogP contribution in [0.4, 0.5) is 10.1 Å².